The number of benzene rings is 1. The third-order valence-corrected chi connectivity index (χ3v) is 6.53. The van der Waals surface area contributed by atoms with Gasteiger partial charge in [0.1, 0.15) is 0 Å². The van der Waals surface area contributed by atoms with E-state index in [-0.39, 0.29) is 16.8 Å². The van der Waals surface area contributed by atoms with Crippen molar-refractivity contribution >= 4 is 15.9 Å². The zero-order valence-corrected chi connectivity index (χ0v) is 17.6. The van der Waals surface area contributed by atoms with Gasteiger partial charge in [0.15, 0.2) is 5.82 Å². The number of nitrogens with one attached hydrogen (secondary N) is 1. The van der Waals surface area contributed by atoms with Crippen LogP contribution in [0.25, 0.3) is 0 Å². The van der Waals surface area contributed by atoms with Gasteiger partial charge in [-0.15, -0.1) is 0 Å². The topological polar surface area (TPSA) is 105 Å². The summed E-state index contributed by atoms with van der Waals surface area (Å²) >= 11 is 0. The lowest BCUT2D eigenvalue weighted by Gasteiger charge is -2.19. The first-order valence-electron chi connectivity index (χ1n) is 9.46. The number of rotatable bonds is 10. The molecule has 0 fully saturated rings. The molecule has 0 aliphatic carbocycles. The van der Waals surface area contributed by atoms with Crippen LogP contribution >= 0.6 is 0 Å². The van der Waals surface area contributed by atoms with Crippen LogP contribution in [0.3, 0.4) is 0 Å². The highest BCUT2D eigenvalue weighted by Gasteiger charge is 2.21. The maximum atomic E-state index is 12.5. The summed E-state index contributed by atoms with van der Waals surface area (Å²) in [4.78, 5) is 16.5. The van der Waals surface area contributed by atoms with Crippen molar-refractivity contribution in [3.8, 4) is 0 Å². The Bertz CT molecular complexity index is 874. The molecular formula is C19H28N4O4S. The molecule has 0 saturated heterocycles. The normalized spacial score (nSPS) is 12.9. The third-order valence-electron chi connectivity index (χ3n) is 4.46. The lowest BCUT2D eigenvalue weighted by atomic mass is 10.1. The van der Waals surface area contributed by atoms with Crippen molar-refractivity contribution in [2.45, 2.75) is 57.9 Å². The van der Waals surface area contributed by atoms with Crippen molar-refractivity contribution in [1.82, 2.24) is 19.8 Å². The average molecular weight is 409 g/mol. The Hall–Kier alpha value is -2.26. The quantitative estimate of drug-likeness (QED) is 0.648. The fourth-order valence-electron chi connectivity index (χ4n) is 2.88. The second-order valence-electron chi connectivity index (χ2n) is 6.54. The minimum Gasteiger partial charge on any atom is -0.350 e. The predicted octanol–water partition coefficient (Wildman–Crippen LogP) is 2.61. The van der Waals surface area contributed by atoms with Crippen LogP contribution in [-0.4, -0.2) is 41.9 Å². The number of hydrogen-bond acceptors (Lipinski definition) is 6. The minimum absolute atomic E-state index is 0.0800. The first-order chi connectivity index (χ1) is 13.3. The second-order valence-corrected chi connectivity index (χ2v) is 8.47. The zero-order chi connectivity index (χ0) is 20.7. The second kappa shape index (κ2) is 9.79. The average Bonchev–Trinajstić information content (AvgIpc) is 3.07. The highest BCUT2D eigenvalue weighted by atomic mass is 32.2. The van der Waals surface area contributed by atoms with Gasteiger partial charge < -0.3 is 9.84 Å². The Morgan fingerprint density at radius 1 is 1.21 bits per heavy atom. The zero-order valence-electron chi connectivity index (χ0n) is 16.8. The number of hydrogen-bond donors (Lipinski definition) is 1. The Kier molecular flexibility index (Phi) is 7.70. The van der Waals surface area contributed by atoms with E-state index in [4.69, 9.17) is 4.52 Å². The van der Waals surface area contributed by atoms with Gasteiger partial charge in [0.2, 0.25) is 21.8 Å². The Labute approximate surface area is 166 Å². The molecule has 0 radical (unpaired) electrons. The summed E-state index contributed by atoms with van der Waals surface area (Å²) in [6.45, 7) is 8.10. The van der Waals surface area contributed by atoms with Crippen LogP contribution < -0.4 is 5.32 Å². The Balaban J connectivity index is 1.89. The third kappa shape index (κ3) is 5.62. The van der Waals surface area contributed by atoms with Crippen LogP contribution in [-0.2, 0) is 21.2 Å². The van der Waals surface area contributed by atoms with Crippen molar-refractivity contribution in [1.29, 1.82) is 0 Å². The Morgan fingerprint density at radius 2 is 1.86 bits per heavy atom. The first-order valence-corrected chi connectivity index (χ1v) is 10.9. The van der Waals surface area contributed by atoms with Gasteiger partial charge in [0.05, 0.1) is 10.9 Å². The summed E-state index contributed by atoms with van der Waals surface area (Å²) in [7, 11) is -3.48. The lowest BCUT2D eigenvalue weighted by Crippen LogP contribution is -2.30. The monoisotopic (exact) mass is 408 g/mol. The summed E-state index contributed by atoms with van der Waals surface area (Å²) in [6, 6.07) is 6.43. The molecule has 1 atom stereocenters. The van der Waals surface area contributed by atoms with E-state index in [9.17, 15) is 13.2 Å². The highest BCUT2D eigenvalue weighted by molar-refractivity contribution is 7.89. The summed E-state index contributed by atoms with van der Waals surface area (Å²) in [6.07, 6.45) is 1.52. The molecule has 0 bridgehead atoms. The molecule has 28 heavy (non-hydrogen) atoms. The molecule has 154 valence electrons. The molecule has 2 rings (SSSR count). The number of sulfonamides is 1. The molecule has 1 aromatic carbocycles. The molecule has 8 nitrogen and oxygen atoms in total. The van der Waals surface area contributed by atoms with Crippen molar-refractivity contribution in [2.24, 2.45) is 0 Å². The number of carbonyl (C=O) groups is 1. The molecule has 1 heterocycles. The van der Waals surface area contributed by atoms with Crippen LogP contribution in [0.2, 0.25) is 0 Å². The van der Waals surface area contributed by atoms with E-state index in [1.54, 1.807) is 31.2 Å². The van der Waals surface area contributed by atoms with Gasteiger partial charge >= 0.3 is 0 Å². The Morgan fingerprint density at radius 3 is 2.39 bits per heavy atom. The van der Waals surface area contributed by atoms with E-state index in [2.05, 4.69) is 15.5 Å². The summed E-state index contributed by atoms with van der Waals surface area (Å²) < 4.78 is 31.5. The van der Waals surface area contributed by atoms with Gasteiger partial charge in [-0.1, -0.05) is 31.1 Å². The maximum Gasteiger partial charge on any atom is 0.243 e. The van der Waals surface area contributed by atoms with Crippen molar-refractivity contribution in [3.63, 3.8) is 0 Å². The van der Waals surface area contributed by atoms with Crippen LogP contribution in [0.4, 0.5) is 0 Å². The van der Waals surface area contributed by atoms with E-state index in [0.29, 0.717) is 44.1 Å². The minimum atomic E-state index is -3.48. The molecule has 0 aliphatic heterocycles. The molecule has 0 unspecified atom stereocenters. The van der Waals surface area contributed by atoms with Crippen LogP contribution in [0, 0.1) is 6.92 Å². The molecule has 2 aromatic rings. The van der Waals surface area contributed by atoms with E-state index in [1.807, 2.05) is 20.8 Å². The number of aromatic nitrogens is 2. The van der Waals surface area contributed by atoms with Crippen LogP contribution in [0.1, 0.15) is 56.9 Å². The SMILES string of the molecule is CCN(CC)S(=O)(=O)c1ccc([C@H](C)NC(=O)CCCc2nc(C)no2)cc1. The first kappa shape index (κ1) is 22.0. The van der Waals surface area contributed by atoms with Gasteiger partial charge in [-0.25, -0.2) is 8.42 Å². The molecule has 1 N–H and O–H groups in total. The van der Waals surface area contributed by atoms with Gasteiger partial charge in [0, 0.05) is 25.9 Å². The smallest absolute Gasteiger partial charge is 0.243 e. The van der Waals surface area contributed by atoms with Crippen molar-refractivity contribution in [2.75, 3.05) is 13.1 Å². The largest absolute Gasteiger partial charge is 0.350 e. The number of nitrogens with zero attached hydrogens (tertiary/aromatic N) is 3. The molecule has 1 amide bonds. The predicted molar refractivity (Wildman–Crippen MR) is 105 cm³/mol. The highest BCUT2D eigenvalue weighted by Crippen LogP contribution is 2.19. The van der Waals surface area contributed by atoms with E-state index >= 15 is 0 Å². The molecule has 0 spiro atoms. The molecule has 0 saturated carbocycles. The molecular weight excluding hydrogens is 380 g/mol. The molecule has 0 aliphatic rings. The molecule has 1 aromatic heterocycles. The standard InChI is InChI=1S/C19H28N4O4S/c1-5-23(6-2)28(25,26)17-12-10-16(11-13-17)14(3)20-18(24)8-7-9-19-21-15(4)22-27-19/h10-14H,5-9H2,1-4H3,(H,20,24)/t14-/m0/s1. The van der Waals surface area contributed by atoms with E-state index in [0.717, 1.165) is 5.56 Å². The lowest BCUT2D eigenvalue weighted by molar-refractivity contribution is -0.121. The number of carbonyl (C=O) groups excluding carboxylic acids is 1. The molecule has 9 heteroatoms. The summed E-state index contributed by atoms with van der Waals surface area (Å²) in [5, 5.41) is 6.64. The van der Waals surface area contributed by atoms with Crippen molar-refractivity contribution < 1.29 is 17.7 Å². The van der Waals surface area contributed by atoms with Gasteiger partial charge in [-0.3, -0.25) is 4.79 Å². The van der Waals surface area contributed by atoms with Gasteiger partial charge in [0.25, 0.3) is 0 Å². The van der Waals surface area contributed by atoms with E-state index in [1.165, 1.54) is 4.31 Å². The van der Waals surface area contributed by atoms with Crippen LogP contribution in [0.15, 0.2) is 33.7 Å². The number of amides is 1. The van der Waals surface area contributed by atoms with Gasteiger partial charge in [-0.2, -0.15) is 9.29 Å². The maximum absolute atomic E-state index is 12.5. The van der Waals surface area contributed by atoms with E-state index < -0.39 is 10.0 Å². The fraction of sp³-hybridized carbons (Fsp3) is 0.526. The fourth-order valence-corrected chi connectivity index (χ4v) is 4.34. The summed E-state index contributed by atoms with van der Waals surface area (Å²) in [5.41, 5.74) is 0.847. The van der Waals surface area contributed by atoms with Gasteiger partial charge in [-0.05, 0) is 38.0 Å². The van der Waals surface area contributed by atoms with Crippen molar-refractivity contribution in [3.05, 3.63) is 41.5 Å². The number of aryl methyl sites for hydroxylation is 2. The summed E-state index contributed by atoms with van der Waals surface area (Å²) in [5.74, 6) is 1.03. The van der Waals surface area contributed by atoms with Crippen LogP contribution in [0.5, 0.6) is 0 Å².